The summed E-state index contributed by atoms with van der Waals surface area (Å²) in [6, 6.07) is 5.52. The van der Waals surface area contributed by atoms with Crippen LogP contribution in [0.3, 0.4) is 0 Å². The molecule has 1 saturated heterocycles. The number of urea groups is 1. The Bertz CT molecular complexity index is 516. The Hall–Kier alpha value is -2.15. The summed E-state index contributed by atoms with van der Waals surface area (Å²) < 4.78 is 18.2. The van der Waals surface area contributed by atoms with Crippen molar-refractivity contribution in [2.45, 2.75) is 25.4 Å². The number of carbonyl (C=O) groups excluding carboxylic acids is 2. The molecular weight excluding hydrogens is 301 g/mol. The standard InChI is InChI=1S/C16H22FN3O3/c17-13-5-3-12(4-6-13)10-15(21)18-7-8-19-16(22)20-11-14-2-1-9-23-14/h3-6,14H,1-2,7-11H2,(H,18,21)(H2,19,20,22). The maximum absolute atomic E-state index is 12.8. The molecule has 6 nitrogen and oxygen atoms in total. The van der Waals surface area contributed by atoms with Crippen LogP contribution in [0, 0.1) is 5.82 Å². The first kappa shape index (κ1) is 17.2. The van der Waals surface area contributed by atoms with Gasteiger partial charge in [0.05, 0.1) is 12.5 Å². The van der Waals surface area contributed by atoms with Crippen LogP contribution >= 0.6 is 0 Å². The molecule has 1 fully saturated rings. The van der Waals surface area contributed by atoms with E-state index in [1.54, 1.807) is 12.1 Å². The number of ether oxygens (including phenoxy) is 1. The predicted molar refractivity (Wildman–Crippen MR) is 83.5 cm³/mol. The molecule has 1 unspecified atom stereocenters. The zero-order valence-electron chi connectivity index (χ0n) is 12.9. The fourth-order valence-electron chi connectivity index (χ4n) is 2.30. The van der Waals surface area contributed by atoms with Gasteiger partial charge in [-0.15, -0.1) is 0 Å². The average Bonchev–Trinajstić information content (AvgIpc) is 3.05. The largest absolute Gasteiger partial charge is 0.376 e. The van der Waals surface area contributed by atoms with Gasteiger partial charge in [0.2, 0.25) is 5.91 Å². The zero-order valence-corrected chi connectivity index (χ0v) is 12.9. The first-order chi connectivity index (χ1) is 11.1. The van der Waals surface area contributed by atoms with E-state index in [0.717, 1.165) is 25.0 Å². The highest BCUT2D eigenvalue weighted by molar-refractivity contribution is 5.78. The van der Waals surface area contributed by atoms with Gasteiger partial charge in [-0.1, -0.05) is 12.1 Å². The summed E-state index contributed by atoms with van der Waals surface area (Å²) in [6.07, 6.45) is 2.30. The topological polar surface area (TPSA) is 79.5 Å². The Kier molecular flexibility index (Phi) is 6.80. The van der Waals surface area contributed by atoms with E-state index in [9.17, 15) is 14.0 Å². The molecule has 7 heteroatoms. The number of amides is 3. The van der Waals surface area contributed by atoms with Crippen LogP contribution in [0.4, 0.5) is 9.18 Å². The van der Waals surface area contributed by atoms with Crippen LogP contribution in [0.1, 0.15) is 18.4 Å². The summed E-state index contributed by atoms with van der Waals surface area (Å²) in [5.74, 6) is -0.495. The van der Waals surface area contributed by atoms with Crippen LogP contribution < -0.4 is 16.0 Å². The lowest BCUT2D eigenvalue weighted by Crippen LogP contribution is -2.42. The lowest BCUT2D eigenvalue weighted by atomic mass is 10.1. The molecule has 1 aromatic carbocycles. The van der Waals surface area contributed by atoms with Crippen LogP contribution in [0.15, 0.2) is 24.3 Å². The van der Waals surface area contributed by atoms with Gasteiger partial charge in [-0.05, 0) is 30.5 Å². The van der Waals surface area contributed by atoms with E-state index >= 15 is 0 Å². The molecule has 0 saturated carbocycles. The molecule has 1 heterocycles. The monoisotopic (exact) mass is 323 g/mol. The number of carbonyl (C=O) groups is 2. The first-order valence-electron chi connectivity index (χ1n) is 7.78. The van der Waals surface area contributed by atoms with Gasteiger partial charge in [-0.3, -0.25) is 4.79 Å². The summed E-state index contributed by atoms with van der Waals surface area (Å²) in [5.41, 5.74) is 0.742. The minimum Gasteiger partial charge on any atom is -0.376 e. The third-order valence-electron chi connectivity index (χ3n) is 3.52. The third-order valence-corrected chi connectivity index (χ3v) is 3.52. The summed E-state index contributed by atoms with van der Waals surface area (Å²) >= 11 is 0. The molecule has 0 bridgehead atoms. The summed E-state index contributed by atoms with van der Waals surface area (Å²) in [6.45, 7) is 1.94. The van der Waals surface area contributed by atoms with Gasteiger partial charge < -0.3 is 20.7 Å². The fraction of sp³-hybridized carbons (Fsp3) is 0.500. The van der Waals surface area contributed by atoms with Crippen LogP contribution in [-0.4, -0.2) is 44.3 Å². The van der Waals surface area contributed by atoms with Gasteiger partial charge in [0.25, 0.3) is 0 Å². The lowest BCUT2D eigenvalue weighted by Gasteiger charge is -2.12. The van der Waals surface area contributed by atoms with E-state index in [1.165, 1.54) is 12.1 Å². The van der Waals surface area contributed by atoms with E-state index in [1.807, 2.05) is 0 Å². The number of nitrogens with one attached hydrogen (secondary N) is 3. The number of benzene rings is 1. The fourth-order valence-corrected chi connectivity index (χ4v) is 2.30. The number of hydrogen-bond donors (Lipinski definition) is 3. The Balaban J connectivity index is 1.53. The Morgan fingerprint density at radius 1 is 1.13 bits per heavy atom. The molecule has 0 aromatic heterocycles. The van der Waals surface area contributed by atoms with E-state index in [0.29, 0.717) is 19.6 Å². The summed E-state index contributed by atoms with van der Waals surface area (Å²) in [7, 11) is 0. The highest BCUT2D eigenvalue weighted by Crippen LogP contribution is 2.10. The Labute approximate surface area is 134 Å². The highest BCUT2D eigenvalue weighted by atomic mass is 19.1. The van der Waals surface area contributed by atoms with Gasteiger partial charge in [0.1, 0.15) is 5.82 Å². The van der Waals surface area contributed by atoms with Crippen molar-refractivity contribution in [3.8, 4) is 0 Å². The van der Waals surface area contributed by atoms with Gasteiger partial charge >= 0.3 is 6.03 Å². The van der Waals surface area contributed by atoms with Crippen molar-refractivity contribution in [1.82, 2.24) is 16.0 Å². The first-order valence-corrected chi connectivity index (χ1v) is 7.78. The van der Waals surface area contributed by atoms with Crippen molar-refractivity contribution in [2.24, 2.45) is 0 Å². The number of halogens is 1. The van der Waals surface area contributed by atoms with Gasteiger partial charge in [-0.25, -0.2) is 9.18 Å². The molecule has 1 atom stereocenters. The second kappa shape index (κ2) is 9.09. The molecule has 1 aliphatic heterocycles. The van der Waals surface area contributed by atoms with Crippen molar-refractivity contribution in [3.05, 3.63) is 35.6 Å². The van der Waals surface area contributed by atoms with E-state index in [2.05, 4.69) is 16.0 Å². The lowest BCUT2D eigenvalue weighted by molar-refractivity contribution is -0.120. The van der Waals surface area contributed by atoms with Crippen LogP contribution in [-0.2, 0) is 16.0 Å². The van der Waals surface area contributed by atoms with Gasteiger partial charge in [0, 0.05) is 26.2 Å². The third kappa shape index (κ3) is 6.65. The molecule has 2 rings (SSSR count). The normalized spacial score (nSPS) is 16.8. The van der Waals surface area contributed by atoms with E-state index in [4.69, 9.17) is 4.74 Å². The average molecular weight is 323 g/mol. The molecule has 3 amide bonds. The molecule has 0 aliphatic carbocycles. The van der Waals surface area contributed by atoms with Crippen LogP contribution in [0.25, 0.3) is 0 Å². The van der Waals surface area contributed by atoms with Crippen molar-refractivity contribution < 1.29 is 18.7 Å². The maximum atomic E-state index is 12.8. The number of hydrogen-bond acceptors (Lipinski definition) is 3. The molecule has 23 heavy (non-hydrogen) atoms. The second-order valence-electron chi connectivity index (χ2n) is 5.43. The van der Waals surface area contributed by atoms with Gasteiger partial charge in [-0.2, -0.15) is 0 Å². The molecule has 1 aliphatic rings. The Morgan fingerprint density at radius 2 is 1.87 bits per heavy atom. The minimum atomic E-state index is -0.327. The number of rotatable bonds is 7. The maximum Gasteiger partial charge on any atom is 0.314 e. The molecule has 0 radical (unpaired) electrons. The van der Waals surface area contributed by atoms with Gasteiger partial charge in [0.15, 0.2) is 0 Å². The van der Waals surface area contributed by atoms with Crippen molar-refractivity contribution in [2.75, 3.05) is 26.2 Å². The van der Waals surface area contributed by atoms with Crippen molar-refractivity contribution >= 4 is 11.9 Å². The summed E-state index contributed by atoms with van der Waals surface area (Å²) in [4.78, 5) is 23.2. The summed E-state index contributed by atoms with van der Waals surface area (Å²) in [5, 5.41) is 8.10. The van der Waals surface area contributed by atoms with Crippen LogP contribution in [0.5, 0.6) is 0 Å². The van der Waals surface area contributed by atoms with E-state index < -0.39 is 0 Å². The highest BCUT2D eigenvalue weighted by Gasteiger charge is 2.15. The molecule has 126 valence electrons. The minimum absolute atomic E-state index is 0.108. The van der Waals surface area contributed by atoms with Crippen LogP contribution in [0.2, 0.25) is 0 Å². The van der Waals surface area contributed by atoms with Crippen molar-refractivity contribution in [3.63, 3.8) is 0 Å². The molecule has 1 aromatic rings. The SMILES string of the molecule is O=C(Cc1ccc(F)cc1)NCCNC(=O)NCC1CCCO1. The zero-order chi connectivity index (χ0) is 16.5. The van der Waals surface area contributed by atoms with Crippen molar-refractivity contribution in [1.29, 1.82) is 0 Å². The predicted octanol–water partition coefficient (Wildman–Crippen LogP) is 0.963. The molecular formula is C16H22FN3O3. The smallest absolute Gasteiger partial charge is 0.314 e. The van der Waals surface area contributed by atoms with E-state index in [-0.39, 0.29) is 30.3 Å². The molecule has 0 spiro atoms. The Morgan fingerprint density at radius 3 is 2.57 bits per heavy atom. The second-order valence-corrected chi connectivity index (χ2v) is 5.43. The quantitative estimate of drug-likeness (QED) is 0.654. The molecule has 3 N–H and O–H groups in total.